The lowest BCUT2D eigenvalue weighted by atomic mass is 9.74. The van der Waals surface area contributed by atoms with Gasteiger partial charge in [-0.05, 0) is 69.2 Å². The number of hydrogen-bond acceptors (Lipinski definition) is 2. The summed E-state index contributed by atoms with van der Waals surface area (Å²) in [7, 11) is 2.26. The van der Waals surface area contributed by atoms with Crippen LogP contribution in [-0.2, 0) is 6.54 Å². The third kappa shape index (κ3) is 3.67. The van der Waals surface area contributed by atoms with Crippen molar-refractivity contribution in [3.05, 3.63) is 34.9 Å². The van der Waals surface area contributed by atoms with E-state index < -0.39 is 0 Å². The zero-order chi connectivity index (χ0) is 15.5. The van der Waals surface area contributed by atoms with E-state index in [2.05, 4.69) is 50.9 Å². The highest BCUT2D eigenvalue weighted by atomic mass is 15.2. The van der Waals surface area contributed by atoms with Crippen molar-refractivity contribution in [2.24, 2.45) is 11.7 Å². The summed E-state index contributed by atoms with van der Waals surface area (Å²) in [6, 6.07) is 6.83. The maximum absolute atomic E-state index is 6.19. The van der Waals surface area contributed by atoms with E-state index in [9.17, 15) is 0 Å². The van der Waals surface area contributed by atoms with E-state index in [4.69, 9.17) is 5.73 Å². The topological polar surface area (TPSA) is 29.3 Å². The Morgan fingerprint density at radius 1 is 1.19 bits per heavy atom. The van der Waals surface area contributed by atoms with Gasteiger partial charge in [-0.3, -0.25) is 4.90 Å². The molecule has 118 valence electrons. The number of aryl methyl sites for hydroxylation is 2. The van der Waals surface area contributed by atoms with Crippen molar-refractivity contribution in [1.82, 2.24) is 4.90 Å². The fourth-order valence-electron chi connectivity index (χ4n) is 3.71. The number of rotatable bonds is 5. The number of likely N-dealkylation sites (N-methyl/N-ethyl adjacent to an activating group) is 1. The van der Waals surface area contributed by atoms with Crippen molar-refractivity contribution in [3.8, 4) is 0 Å². The van der Waals surface area contributed by atoms with Crippen LogP contribution in [0.5, 0.6) is 0 Å². The molecule has 21 heavy (non-hydrogen) atoms. The first-order valence-electron chi connectivity index (χ1n) is 8.48. The molecule has 0 aliphatic heterocycles. The smallest absolute Gasteiger partial charge is 0.0332 e. The van der Waals surface area contributed by atoms with Crippen molar-refractivity contribution in [2.75, 3.05) is 13.6 Å². The first-order valence-corrected chi connectivity index (χ1v) is 8.48. The van der Waals surface area contributed by atoms with Crippen LogP contribution in [0.4, 0.5) is 0 Å². The van der Waals surface area contributed by atoms with Crippen molar-refractivity contribution in [2.45, 2.75) is 65.0 Å². The van der Waals surface area contributed by atoms with Crippen LogP contribution < -0.4 is 5.73 Å². The standard InChI is InChI=1S/C19H32N2/c1-5-17-8-10-19(14-20,11-9-17)21(4)13-18-7-6-15(2)16(3)12-18/h6-7,12,17H,5,8-11,13-14,20H2,1-4H3. The summed E-state index contributed by atoms with van der Waals surface area (Å²) in [4.78, 5) is 2.52. The van der Waals surface area contributed by atoms with Crippen molar-refractivity contribution in [3.63, 3.8) is 0 Å². The molecule has 0 aromatic heterocycles. The first kappa shape index (κ1) is 16.5. The maximum atomic E-state index is 6.19. The number of nitrogens with two attached hydrogens (primary N) is 1. The van der Waals surface area contributed by atoms with Crippen LogP contribution in [0.15, 0.2) is 18.2 Å². The minimum Gasteiger partial charge on any atom is -0.329 e. The molecule has 0 bridgehead atoms. The number of hydrogen-bond donors (Lipinski definition) is 1. The maximum Gasteiger partial charge on any atom is 0.0332 e. The van der Waals surface area contributed by atoms with Crippen molar-refractivity contribution < 1.29 is 0 Å². The summed E-state index contributed by atoms with van der Waals surface area (Å²) in [5.41, 5.74) is 10.6. The molecule has 0 unspecified atom stereocenters. The summed E-state index contributed by atoms with van der Waals surface area (Å²) in [5, 5.41) is 0. The van der Waals surface area contributed by atoms with Gasteiger partial charge >= 0.3 is 0 Å². The van der Waals surface area contributed by atoms with Gasteiger partial charge in [0.25, 0.3) is 0 Å². The third-order valence-electron chi connectivity index (χ3n) is 5.79. The molecule has 2 rings (SSSR count). The third-order valence-corrected chi connectivity index (χ3v) is 5.79. The van der Waals surface area contributed by atoms with Gasteiger partial charge < -0.3 is 5.73 Å². The fourth-order valence-corrected chi connectivity index (χ4v) is 3.71. The summed E-state index contributed by atoms with van der Waals surface area (Å²) in [6.45, 7) is 8.49. The highest BCUT2D eigenvalue weighted by molar-refractivity contribution is 5.30. The molecular weight excluding hydrogens is 256 g/mol. The lowest BCUT2D eigenvalue weighted by molar-refractivity contribution is 0.0579. The first-order chi connectivity index (χ1) is 10.0. The predicted octanol–water partition coefficient (Wildman–Crippen LogP) is 4.03. The largest absolute Gasteiger partial charge is 0.329 e. The van der Waals surface area contributed by atoms with Crippen LogP contribution in [0.25, 0.3) is 0 Å². The van der Waals surface area contributed by atoms with Gasteiger partial charge in [-0.15, -0.1) is 0 Å². The Morgan fingerprint density at radius 3 is 2.38 bits per heavy atom. The molecule has 0 radical (unpaired) electrons. The van der Waals surface area contributed by atoms with Gasteiger partial charge in [0.1, 0.15) is 0 Å². The van der Waals surface area contributed by atoms with Crippen LogP contribution in [0.2, 0.25) is 0 Å². The van der Waals surface area contributed by atoms with Crippen molar-refractivity contribution in [1.29, 1.82) is 0 Å². The van der Waals surface area contributed by atoms with Gasteiger partial charge in [-0.2, -0.15) is 0 Å². The summed E-state index contributed by atoms with van der Waals surface area (Å²) < 4.78 is 0. The quantitative estimate of drug-likeness (QED) is 0.886. The van der Waals surface area contributed by atoms with Crippen LogP contribution in [-0.4, -0.2) is 24.0 Å². The fraction of sp³-hybridized carbons (Fsp3) is 0.684. The Hall–Kier alpha value is -0.860. The molecule has 1 saturated carbocycles. The molecule has 0 spiro atoms. The molecule has 1 fully saturated rings. The molecule has 0 saturated heterocycles. The zero-order valence-electron chi connectivity index (χ0n) is 14.3. The summed E-state index contributed by atoms with van der Waals surface area (Å²) in [5.74, 6) is 0.916. The monoisotopic (exact) mass is 288 g/mol. The molecule has 2 nitrogen and oxygen atoms in total. The number of benzene rings is 1. The van der Waals surface area contributed by atoms with E-state index in [1.54, 1.807) is 0 Å². The Labute approximate surface area is 130 Å². The van der Waals surface area contributed by atoms with E-state index in [0.29, 0.717) is 0 Å². The highest BCUT2D eigenvalue weighted by Crippen LogP contribution is 2.37. The van der Waals surface area contributed by atoms with Crippen LogP contribution in [0, 0.1) is 19.8 Å². The minimum atomic E-state index is 0.213. The molecule has 0 amide bonds. The predicted molar refractivity (Wildman–Crippen MR) is 91.4 cm³/mol. The van der Waals surface area contributed by atoms with E-state index in [-0.39, 0.29) is 5.54 Å². The van der Waals surface area contributed by atoms with Gasteiger partial charge in [0.05, 0.1) is 0 Å². The minimum absolute atomic E-state index is 0.213. The molecule has 0 heterocycles. The van der Waals surface area contributed by atoms with Gasteiger partial charge in [0.2, 0.25) is 0 Å². The van der Waals surface area contributed by atoms with Crippen molar-refractivity contribution >= 4 is 0 Å². The summed E-state index contributed by atoms with van der Waals surface area (Å²) in [6.07, 6.45) is 6.50. The molecule has 1 aromatic carbocycles. The van der Waals surface area contributed by atoms with Gasteiger partial charge in [-0.25, -0.2) is 0 Å². The average Bonchev–Trinajstić information content (AvgIpc) is 2.51. The zero-order valence-corrected chi connectivity index (χ0v) is 14.3. The number of nitrogens with zero attached hydrogens (tertiary/aromatic N) is 1. The molecule has 1 aromatic rings. The van der Waals surface area contributed by atoms with Crippen LogP contribution in [0.3, 0.4) is 0 Å². The molecule has 1 aliphatic carbocycles. The molecule has 1 aliphatic rings. The van der Waals surface area contributed by atoms with Crippen LogP contribution in [0.1, 0.15) is 55.7 Å². The summed E-state index contributed by atoms with van der Waals surface area (Å²) >= 11 is 0. The van der Waals surface area contributed by atoms with Crippen LogP contribution >= 0.6 is 0 Å². The SMILES string of the molecule is CCC1CCC(CN)(N(C)Cc2ccc(C)c(C)c2)CC1. The second kappa shape index (κ2) is 6.93. The Morgan fingerprint density at radius 2 is 1.86 bits per heavy atom. The van der Waals surface area contributed by atoms with E-state index in [0.717, 1.165) is 19.0 Å². The Kier molecular flexibility index (Phi) is 5.45. The average molecular weight is 288 g/mol. The van der Waals surface area contributed by atoms with Gasteiger partial charge in [0.15, 0.2) is 0 Å². The van der Waals surface area contributed by atoms with E-state index >= 15 is 0 Å². The molecule has 2 heteroatoms. The van der Waals surface area contributed by atoms with Gasteiger partial charge in [0, 0.05) is 18.6 Å². The second-order valence-corrected chi connectivity index (χ2v) is 7.05. The van der Waals surface area contributed by atoms with E-state index in [1.807, 2.05) is 0 Å². The second-order valence-electron chi connectivity index (χ2n) is 7.05. The Bertz CT molecular complexity index is 459. The lowest BCUT2D eigenvalue weighted by Gasteiger charge is -2.46. The van der Waals surface area contributed by atoms with Gasteiger partial charge in [-0.1, -0.05) is 31.5 Å². The van der Waals surface area contributed by atoms with E-state index in [1.165, 1.54) is 48.8 Å². The Balaban J connectivity index is 2.06. The highest BCUT2D eigenvalue weighted by Gasteiger charge is 2.37. The molecule has 2 N–H and O–H groups in total. The molecular formula is C19H32N2. The normalized spacial score (nSPS) is 26.3. The molecule has 0 atom stereocenters. The lowest BCUT2D eigenvalue weighted by Crippen LogP contribution is -2.53.